The molecule has 1 heterocycles. The van der Waals surface area contributed by atoms with E-state index in [-0.39, 0.29) is 12.5 Å². The van der Waals surface area contributed by atoms with Gasteiger partial charge in [-0.25, -0.2) is 0 Å². The lowest BCUT2D eigenvalue weighted by Gasteiger charge is -2.30. The number of benzene rings is 1. The SMILES string of the molecule is CC(=O)N[C@@H]1c2cc(Br)ccc2OC[C@H]1O. The summed E-state index contributed by atoms with van der Waals surface area (Å²) in [6, 6.07) is 5.12. The van der Waals surface area contributed by atoms with E-state index in [1.54, 1.807) is 0 Å². The number of aliphatic hydroxyl groups excluding tert-OH is 1. The third kappa shape index (κ3) is 2.20. The molecule has 1 aliphatic heterocycles. The Balaban J connectivity index is 2.38. The van der Waals surface area contributed by atoms with Gasteiger partial charge in [0.1, 0.15) is 18.5 Å². The number of carbonyl (C=O) groups is 1. The Bertz CT molecular complexity index is 422. The summed E-state index contributed by atoms with van der Waals surface area (Å²) in [6.45, 7) is 1.62. The zero-order chi connectivity index (χ0) is 11.7. The highest BCUT2D eigenvalue weighted by atomic mass is 79.9. The van der Waals surface area contributed by atoms with Crippen molar-refractivity contribution >= 4 is 21.8 Å². The van der Waals surface area contributed by atoms with Crippen molar-refractivity contribution in [2.24, 2.45) is 0 Å². The van der Waals surface area contributed by atoms with Crippen molar-refractivity contribution < 1.29 is 14.6 Å². The van der Waals surface area contributed by atoms with E-state index in [0.29, 0.717) is 5.75 Å². The zero-order valence-electron chi connectivity index (χ0n) is 8.74. The molecule has 2 atom stereocenters. The number of hydrogen-bond donors (Lipinski definition) is 2. The molecule has 0 bridgehead atoms. The largest absolute Gasteiger partial charge is 0.490 e. The molecule has 0 spiro atoms. The summed E-state index contributed by atoms with van der Waals surface area (Å²) in [4.78, 5) is 11.1. The first-order valence-corrected chi connectivity index (χ1v) is 5.74. The quantitative estimate of drug-likeness (QED) is 0.820. The van der Waals surface area contributed by atoms with Crippen molar-refractivity contribution in [2.75, 3.05) is 6.61 Å². The highest BCUT2D eigenvalue weighted by Gasteiger charge is 2.30. The summed E-state index contributed by atoms with van der Waals surface area (Å²) in [5.41, 5.74) is 0.795. The maximum absolute atomic E-state index is 11.1. The number of rotatable bonds is 1. The average molecular weight is 286 g/mol. The molecule has 16 heavy (non-hydrogen) atoms. The minimum absolute atomic E-state index is 0.170. The second kappa shape index (κ2) is 4.43. The van der Waals surface area contributed by atoms with Gasteiger partial charge in [0.2, 0.25) is 5.91 Å². The van der Waals surface area contributed by atoms with Crippen LogP contribution in [0.4, 0.5) is 0 Å². The Morgan fingerprint density at radius 2 is 2.38 bits per heavy atom. The predicted molar refractivity (Wildman–Crippen MR) is 62.2 cm³/mol. The van der Waals surface area contributed by atoms with Crippen LogP contribution in [0.3, 0.4) is 0 Å². The summed E-state index contributed by atoms with van der Waals surface area (Å²) < 4.78 is 6.27. The van der Waals surface area contributed by atoms with Crippen molar-refractivity contribution in [1.29, 1.82) is 0 Å². The molecule has 1 aromatic carbocycles. The number of carbonyl (C=O) groups excluding carboxylic acids is 1. The average Bonchev–Trinajstić information content (AvgIpc) is 2.22. The van der Waals surface area contributed by atoms with Crippen LogP contribution in [0.15, 0.2) is 22.7 Å². The molecule has 2 N–H and O–H groups in total. The Labute approximate surface area is 102 Å². The Morgan fingerprint density at radius 3 is 3.06 bits per heavy atom. The van der Waals surface area contributed by atoms with Gasteiger partial charge in [-0.05, 0) is 18.2 Å². The molecule has 0 radical (unpaired) electrons. The van der Waals surface area contributed by atoms with Gasteiger partial charge in [0.25, 0.3) is 0 Å². The van der Waals surface area contributed by atoms with Crippen LogP contribution < -0.4 is 10.1 Å². The molecule has 0 fully saturated rings. The highest BCUT2D eigenvalue weighted by molar-refractivity contribution is 9.10. The topological polar surface area (TPSA) is 58.6 Å². The van der Waals surface area contributed by atoms with Gasteiger partial charge >= 0.3 is 0 Å². The number of aliphatic hydroxyl groups is 1. The van der Waals surface area contributed by atoms with Crippen LogP contribution in [0, 0.1) is 0 Å². The van der Waals surface area contributed by atoms with Crippen LogP contribution in [0.25, 0.3) is 0 Å². The van der Waals surface area contributed by atoms with E-state index in [2.05, 4.69) is 21.2 Å². The third-order valence-corrected chi connectivity index (χ3v) is 2.95. The zero-order valence-corrected chi connectivity index (χ0v) is 10.3. The summed E-state index contributed by atoms with van der Waals surface area (Å²) in [5, 5.41) is 12.5. The summed E-state index contributed by atoms with van der Waals surface area (Å²) in [5.74, 6) is 0.532. The summed E-state index contributed by atoms with van der Waals surface area (Å²) >= 11 is 3.35. The van der Waals surface area contributed by atoms with Crippen molar-refractivity contribution in [1.82, 2.24) is 5.32 Å². The molecule has 4 nitrogen and oxygen atoms in total. The number of hydrogen-bond acceptors (Lipinski definition) is 3. The van der Waals surface area contributed by atoms with E-state index in [0.717, 1.165) is 10.0 Å². The summed E-state index contributed by atoms with van der Waals surface area (Å²) in [6.07, 6.45) is -0.717. The van der Waals surface area contributed by atoms with Gasteiger partial charge in [0.15, 0.2) is 0 Å². The van der Waals surface area contributed by atoms with Crippen LogP contribution in [-0.2, 0) is 4.79 Å². The maximum Gasteiger partial charge on any atom is 0.217 e. The molecule has 0 aromatic heterocycles. The minimum Gasteiger partial charge on any atom is -0.490 e. The third-order valence-electron chi connectivity index (χ3n) is 2.46. The number of halogens is 1. The van der Waals surface area contributed by atoms with Crippen molar-refractivity contribution in [3.05, 3.63) is 28.2 Å². The van der Waals surface area contributed by atoms with Crippen LogP contribution in [-0.4, -0.2) is 23.7 Å². The van der Waals surface area contributed by atoms with Crippen LogP contribution in [0.2, 0.25) is 0 Å². The van der Waals surface area contributed by atoms with Gasteiger partial charge < -0.3 is 15.2 Å². The second-order valence-corrected chi connectivity index (χ2v) is 4.65. The monoisotopic (exact) mass is 285 g/mol. The van der Waals surface area contributed by atoms with Crippen molar-refractivity contribution in [2.45, 2.75) is 19.1 Å². The van der Waals surface area contributed by atoms with Crippen LogP contribution in [0.5, 0.6) is 5.75 Å². The molecule has 5 heteroatoms. The standard InChI is InChI=1S/C11H12BrNO3/c1-6(14)13-11-8-4-7(12)2-3-10(8)16-5-9(11)15/h2-4,9,11,15H,5H2,1H3,(H,13,14)/t9-,11-/m1/s1. The molecule has 2 rings (SSSR count). The van der Waals surface area contributed by atoms with E-state index < -0.39 is 12.1 Å². The highest BCUT2D eigenvalue weighted by Crippen LogP contribution is 2.34. The minimum atomic E-state index is -0.717. The van der Waals surface area contributed by atoms with Gasteiger partial charge in [0, 0.05) is 17.0 Å². The predicted octanol–water partition coefficient (Wildman–Crippen LogP) is 1.38. The number of fused-ring (bicyclic) bond motifs is 1. The molecule has 0 unspecified atom stereocenters. The number of nitrogens with one attached hydrogen (secondary N) is 1. The Hall–Kier alpha value is -1.07. The molecule has 0 saturated heterocycles. The molecule has 0 aliphatic carbocycles. The first kappa shape index (κ1) is 11.4. The molecule has 1 aliphatic rings. The van der Waals surface area contributed by atoms with Crippen LogP contribution in [0.1, 0.15) is 18.5 Å². The molecule has 1 amide bonds. The fourth-order valence-corrected chi connectivity index (χ4v) is 2.14. The van der Waals surface area contributed by atoms with Gasteiger partial charge in [0.05, 0.1) is 6.04 Å². The molecular formula is C11H12BrNO3. The Kier molecular flexibility index (Phi) is 3.16. The lowest BCUT2D eigenvalue weighted by molar-refractivity contribution is -0.121. The van der Waals surface area contributed by atoms with Gasteiger partial charge in [-0.2, -0.15) is 0 Å². The first-order valence-electron chi connectivity index (χ1n) is 4.95. The maximum atomic E-state index is 11.1. The normalized spacial score (nSPS) is 23.2. The van der Waals surface area contributed by atoms with E-state index in [1.165, 1.54) is 6.92 Å². The lowest BCUT2D eigenvalue weighted by atomic mass is 9.98. The van der Waals surface area contributed by atoms with Crippen molar-refractivity contribution in [3.63, 3.8) is 0 Å². The van der Waals surface area contributed by atoms with Crippen molar-refractivity contribution in [3.8, 4) is 5.75 Å². The fraction of sp³-hybridized carbons (Fsp3) is 0.364. The summed E-state index contributed by atoms with van der Waals surface area (Å²) in [7, 11) is 0. The fourth-order valence-electron chi connectivity index (χ4n) is 1.77. The molecule has 86 valence electrons. The molecular weight excluding hydrogens is 274 g/mol. The lowest BCUT2D eigenvalue weighted by Crippen LogP contribution is -2.41. The number of ether oxygens (including phenoxy) is 1. The molecule has 0 saturated carbocycles. The smallest absolute Gasteiger partial charge is 0.217 e. The Morgan fingerprint density at radius 1 is 1.62 bits per heavy atom. The van der Waals surface area contributed by atoms with Gasteiger partial charge in [-0.15, -0.1) is 0 Å². The van der Waals surface area contributed by atoms with E-state index in [9.17, 15) is 9.90 Å². The van der Waals surface area contributed by atoms with E-state index in [1.807, 2.05) is 18.2 Å². The molecule has 1 aromatic rings. The first-order chi connectivity index (χ1) is 7.58. The second-order valence-electron chi connectivity index (χ2n) is 3.74. The number of amides is 1. The van der Waals surface area contributed by atoms with E-state index in [4.69, 9.17) is 4.74 Å². The van der Waals surface area contributed by atoms with E-state index >= 15 is 0 Å². The van der Waals surface area contributed by atoms with Gasteiger partial charge in [-0.1, -0.05) is 15.9 Å². The van der Waals surface area contributed by atoms with Crippen LogP contribution >= 0.6 is 15.9 Å². The van der Waals surface area contributed by atoms with Gasteiger partial charge in [-0.3, -0.25) is 4.79 Å².